The quantitative estimate of drug-likeness (QED) is 0.671. The Morgan fingerprint density at radius 3 is 2.04 bits per heavy atom. The van der Waals surface area contributed by atoms with E-state index in [1.807, 2.05) is 0 Å². The second-order valence-corrected chi connectivity index (χ2v) is 5.39. The van der Waals surface area contributed by atoms with E-state index in [1.54, 1.807) is 30.3 Å². The minimum absolute atomic E-state index is 0.0514. The van der Waals surface area contributed by atoms with Crippen LogP contribution in [0.2, 0.25) is 0 Å². The summed E-state index contributed by atoms with van der Waals surface area (Å²) in [6.07, 6.45) is 0. The molecule has 6 nitrogen and oxygen atoms in total. The van der Waals surface area contributed by atoms with Crippen molar-refractivity contribution < 1.29 is 29.7 Å². The molecule has 0 atom stereocenters. The monoisotopic (exact) mass is 336 g/mol. The second kappa shape index (κ2) is 6.09. The van der Waals surface area contributed by atoms with E-state index in [4.69, 9.17) is 0 Å². The third kappa shape index (κ3) is 2.81. The lowest BCUT2D eigenvalue weighted by molar-refractivity contribution is 0.0681. The van der Waals surface area contributed by atoms with Gasteiger partial charge in [0.1, 0.15) is 0 Å². The van der Waals surface area contributed by atoms with E-state index in [1.165, 1.54) is 24.3 Å². The van der Waals surface area contributed by atoms with Gasteiger partial charge in [0, 0.05) is 0 Å². The molecule has 0 fully saturated rings. The van der Waals surface area contributed by atoms with Crippen molar-refractivity contribution in [2.45, 2.75) is 0 Å². The molecule has 0 amide bonds. The van der Waals surface area contributed by atoms with E-state index in [-0.39, 0.29) is 27.8 Å². The highest BCUT2D eigenvalue weighted by molar-refractivity contribution is 6.11. The lowest BCUT2D eigenvalue weighted by Crippen LogP contribution is -2.07. The first kappa shape index (κ1) is 16.2. The Hall–Kier alpha value is -3.67. The van der Waals surface area contributed by atoms with Gasteiger partial charge in [-0.3, -0.25) is 0 Å². The van der Waals surface area contributed by atoms with Crippen molar-refractivity contribution in [3.8, 4) is 11.1 Å². The molecule has 0 spiro atoms. The fourth-order valence-corrected chi connectivity index (χ4v) is 2.81. The number of carboxylic acids is 3. The SMILES string of the molecule is O=C(O)c1ccc(C(=O)O)c(-c2ccc3ccccc3c2C(=O)O)c1. The average Bonchev–Trinajstić information content (AvgIpc) is 2.59. The van der Waals surface area contributed by atoms with Crippen LogP contribution in [0.5, 0.6) is 0 Å². The van der Waals surface area contributed by atoms with Crippen molar-refractivity contribution in [2.24, 2.45) is 0 Å². The Balaban J connectivity index is 2.42. The Bertz CT molecular complexity index is 1040. The van der Waals surface area contributed by atoms with E-state index in [9.17, 15) is 29.7 Å². The highest BCUT2D eigenvalue weighted by Gasteiger charge is 2.21. The molecule has 0 heterocycles. The van der Waals surface area contributed by atoms with E-state index in [0.29, 0.717) is 10.8 Å². The zero-order valence-electron chi connectivity index (χ0n) is 12.8. The van der Waals surface area contributed by atoms with Gasteiger partial charge in [-0.25, -0.2) is 14.4 Å². The van der Waals surface area contributed by atoms with Gasteiger partial charge < -0.3 is 15.3 Å². The van der Waals surface area contributed by atoms with E-state index >= 15 is 0 Å². The number of fused-ring (bicyclic) bond motifs is 1. The number of rotatable bonds is 4. The number of benzene rings is 3. The third-order valence-electron chi connectivity index (χ3n) is 3.93. The summed E-state index contributed by atoms with van der Waals surface area (Å²) < 4.78 is 0. The molecule has 124 valence electrons. The molecule has 0 aromatic heterocycles. The standard InChI is InChI=1S/C19H12O6/c20-17(21)11-6-8-14(18(22)23)15(9-11)13-7-5-10-3-1-2-4-12(10)16(13)19(24)25/h1-9H,(H,20,21)(H,22,23)(H,24,25). The number of carbonyl (C=O) groups is 3. The van der Waals surface area contributed by atoms with Gasteiger partial charge in [0.15, 0.2) is 0 Å². The highest BCUT2D eigenvalue weighted by Crippen LogP contribution is 2.33. The molecule has 3 N–H and O–H groups in total. The molecule has 3 aromatic carbocycles. The summed E-state index contributed by atoms with van der Waals surface area (Å²) in [5, 5.41) is 29.4. The molecule has 3 rings (SSSR count). The fourth-order valence-electron chi connectivity index (χ4n) is 2.81. The first-order valence-corrected chi connectivity index (χ1v) is 7.26. The molecule has 0 saturated heterocycles. The molecule has 3 aromatic rings. The molecule has 25 heavy (non-hydrogen) atoms. The Kier molecular flexibility index (Phi) is 3.94. The maximum absolute atomic E-state index is 11.8. The molecule has 0 radical (unpaired) electrons. The lowest BCUT2D eigenvalue weighted by atomic mass is 9.90. The predicted octanol–water partition coefficient (Wildman–Crippen LogP) is 3.60. The normalized spacial score (nSPS) is 10.6. The van der Waals surface area contributed by atoms with Crippen LogP contribution in [0.15, 0.2) is 54.6 Å². The van der Waals surface area contributed by atoms with Crippen molar-refractivity contribution in [1.29, 1.82) is 0 Å². The van der Waals surface area contributed by atoms with Crippen LogP contribution in [0.3, 0.4) is 0 Å². The van der Waals surface area contributed by atoms with Gasteiger partial charge in [-0.2, -0.15) is 0 Å². The summed E-state index contributed by atoms with van der Waals surface area (Å²) in [4.78, 5) is 34.6. The van der Waals surface area contributed by atoms with Crippen LogP contribution in [0.4, 0.5) is 0 Å². The van der Waals surface area contributed by atoms with Gasteiger partial charge in [-0.1, -0.05) is 36.4 Å². The van der Waals surface area contributed by atoms with Crippen LogP contribution in [0.1, 0.15) is 31.1 Å². The minimum atomic E-state index is -1.27. The van der Waals surface area contributed by atoms with E-state index < -0.39 is 17.9 Å². The van der Waals surface area contributed by atoms with Gasteiger partial charge >= 0.3 is 17.9 Å². The highest BCUT2D eigenvalue weighted by atomic mass is 16.4. The van der Waals surface area contributed by atoms with Gasteiger partial charge in [0.2, 0.25) is 0 Å². The van der Waals surface area contributed by atoms with E-state index in [2.05, 4.69) is 0 Å². The fraction of sp³-hybridized carbons (Fsp3) is 0. The largest absolute Gasteiger partial charge is 0.478 e. The van der Waals surface area contributed by atoms with Gasteiger partial charge in [-0.05, 0) is 40.1 Å². The number of hydrogen-bond acceptors (Lipinski definition) is 3. The summed E-state index contributed by atoms with van der Waals surface area (Å²) in [5.41, 5.74) is -0.141. The first-order chi connectivity index (χ1) is 11.9. The van der Waals surface area contributed by atoms with Gasteiger partial charge in [-0.15, -0.1) is 0 Å². The Morgan fingerprint density at radius 1 is 0.680 bits per heavy atom. The number of hydrogen-bond donors (Lipinski definition) is 3. The third-order valence-corrected chi connectivity index (χ3v) is 3.93. The van der Waals surface area contributed by atoms with Crippen LogP contribution in [0, 0.1) is 0 Å². The minimum Gasteiger partial charge on any atom is -0.478 e. The first-order valence-electron chi connectivity index (χ1n) is 7.26. The maximum Gasteiger partial charge on any atom is 0.336 e. The summed E-state index contributed by atoms with van der Waals surface area (Å²) in [5.74, 6) is -3.71. The van der Waals surface area contributed by atoms with Crippen LogP contribution in [-0.2, 0) is 0 Å². The average molecular weight is 336 g/mol. The zero-order valence-corrected chi connectivity index (χ0v) is 12.8. The van der Waals surface area contributed by atoms with Crippen molar-refractivity contribution in [3.05, 3.63) is 71.3 Å². The Morgan fingerprint density at radius 2 is 1.40 bits per heavy atom. The van der Waals surface area contributed by atoms with Crippen molar-refractivity contribution in [2.75, 3.05) is 0 Å². The predicted molar refractivity (Wildman–Crippen MR) is 90.3 cm³/mol. The van der Waals surface area contributed by atoms with Crippen molar-refractivity contribution >= 4 is 28.7 Å². The summed E-state index contributed by atoms with van der Waals surface area (Å²) in [7, 11) is 0. The van der Waals surface area contributed by atoms with E-state index in [0.717, 1.165) is 0 Å². The van der Waals surface area contributed by atoms with Crippen LogP contribution >= 0.6 is 0 Å². The summed E-state index contributed by atoms with van der Waals surface area (Å²) in [6, 6.07) is 13.5. The second-order valence-electron chi connectivity index (χ2n) is 5.39. The van der Waals surface area contributed by atoms with Crippen molar-refractivity contribution in [3.63, 3.8) is 0 Å². The summed E-state index contributed by atoms with van der Waals surface area (Å²) in [6.45, 7) is 0. The molecule has 0 unspecified atom stereocenters. The van der Waals surface area contributed by atoms with Crippen LogP contribution in [0.25, 0.3) is 21.9 Å². The topological polar surface area (TPSA) is 112 Å². The number of carboxylic acid groups (broad SMARTS) is 3. The molecular formula is C19H12O6. The summed E-state index contributed by atoms with van der Waals surface area (Å²) >= 11 is 0. The molecule has 0 aliphatic heterocycles. The zero-order chi connectivity index (χ0) is 18.1. The molecule has 0 aliphatic carbocycles. The van der Waals surface area contributed by atoms with Gasteiger partial charge in [0.25, 0.3) is 0 Å². The Labute approximate surface area is 141 Å². The smallest absolute Gasteiger partial charge is 0.336 e. The molecule has 0 bridgehead atoms. The molecule has 0 aliphatic rings. The maximum atomic E-state index is 11.8. The molecular weight excluding hydrogens is 324 g/mol. The molecule has 0 saturated carbocycles. The number of aromatic carboxylic acids is 3. The lowest BCUT2D eigenvalue weighted by Gasteiger charge is -2.13. The van der Waals surface area contributed by atoms with Gasteiger partial charge in [0.05, 0.1) is 16.7 Å². The van der Waals surface area contributed by atoms with Crippen molar-refractivity contribution in [1.82, 2.24) is 0 Å². The molecule has 6 heteroatoms. The van der Waals surface area contributed by atoms with Crippen LogP contribution in [-0.4, -0.2) is 33.2 Å². The van der Waals surface area contributed by atoms with Crippen LogP contribution < -0.4 is 0 Å².